The number of anilines is 1. The van der Waals surface area contributed by atoms with E-state index in [0.717, 1.165) is 5.56 Å². The van der Waals surface area contributed by atoms with Crippen LogP contribution in [0.5, 0.6) is 0 Å². The Morgan fingerprint density at radius 2 is 1.73 bits per heavy atom. The van der Waals surface area contributed by atoms with Crippen molar-refractivity contribution in [1.29, 1.82) is 0 Å². The Balaban J connectivity index is 1.71. The van der Waals surface area contributed by atoms with Crippen LogP contribution in [0, 0.1) is 6.92 Å². The number of halogens is 1. The van der Waals surface area contributed by atoms with Crippen LogP contribution >= 0.6 is 11.6 Å². The molecular weight excluding hydrogens is 442 g/mol. The number of hydrogen-bond acceptors (Lipinski definition) is 5. The van der Waals surface area contributed by atoms with E-state index in [0.29, 0.717) is 32.7 Å². The van der Waals surface area contributed by atoms with Gasteiger partial charge in [0.1, 0.15) is 11.5 Å². The molecule has 1 N–H and O–H groups in total. The van der Waals surface area contributed by atoms with Crippen molar-refractivity contribution in [2.24, 2.45) is 7.05 Å². The third-order valence-electron chi connectivity index (χ3n) is 5.23. The van der Waals surface area contributed by atoms with Gasteiger partial charge in [-0.2, -0.15) is 0 Å². The molecule has 0 aliphatic heterocycles. The minimum atomic E-state index is -0.793. The molecule has 7 nitrogen and oxygen atoms in total. The Morgan fingerprint density at radius 1 is 1.03 bits per heavy atom. The molecule has 0 unspecified atom stereocenters. The fraction of sp³-hybridized carbons (Fsp3) is 0.120. The third-order valence-corrected chi connectivity index (χ3v) is 5.48. The van der Waals surface area contributed by atoms with E-state index in [1.807, 2.05) is 0 Å². The predicted molar refractivity (Wildman–Crippen MR) is 128 cm³/mol. The van der Waals surface area contributed by atoms with Crippen molar-refractivity contribution in [2.75, 3.05) is 11.9 Å². The molecule has 4 rings (SSSR count). The summed E-state index contributed by atoms with van der Waals surface area (Å²) < 4.78 is 6.55. The standard InChI is InChI=1S/C25H20ClN3O4/c1-15-6-5-13-27-23(15)28-20(30)14-33-25(32)22-21(16-9-11-17(26)12-10-16)18-7-3-4-8-19(18)24(31)29(22)2/h3-13H,14H2,1-2H3,(H,27,28,30). The molecule has 2 aromatic carbocycles. The number of carbonyl (C=O) groups excluding carboxylic acids is 2. The van der Waals surface area contributed by atoms with E-state index in [-0.39, 0.29) is 11.3 Å². The number of fused-ring (bicyclic) bond motifs is 1. The summed E-state index contributed by atoms with van der Waals surface area (Å²) in [6, 6.07) is 17.5. The molecule has 0 aliphatic carbocycles. The summed E-state index contributed by atoms with van der Waals surface area (Å²) in [6.45, 7) is 1.27. The molecule has 0 saturated heterocycles. The van der Waals surface area contributed by atoms with Gasteiger partial charge in [-0.05, 0) is 47.7 Å². The maximum Gasteiger partial charge on any atom is 0.356 e. The minimum absolute atomic E-state index is 0.0443. The fourth-order valence-electron chi connectivity index (χ4n) is 3.60. The molecule has 8 heteroatoms. The third kappa shape index (κ3) is 4.49. The minimum Gasteiger partial charge on any atom is -0.451 e. The summed E-state index contributed by atoms with van der Waals surface area (Å²) in [4.78, 5) is 42.5. The van der Waals surface area contributed by atoms with Gasteiger partial charge in [0.25, 0.3) is 11.5 Å². The van der Waals surface area contributed by atoms with Crippen LogP contribution in [-0.4, -0.2) is 28.0 Å². The number of benzene rings is 2. The smallest absolute Gasteiger partial charge is 0.356 e. The Bertz CT molecular complexity index is 1430. The summed E-state index contributed by atoms with van der Waals surface area (Å²) in [5, 5.41) is 4.22. The SMILES string of the molecule is Cc1cccnc1NC(=O)COC(=O)c1c(-c2ccc(Cl)cc2)c2ccccc2c(=O)n1C. The first kappa shape index (κ1) is 22.2. The Labute approximate surface area is 194 Å². The summed E-state index contributed by atoms with van der Waals surface area (Å²) in [5.74, 6) is -0.944. The van der Waals surface area contributed by atoms with Gasteiger partial charge in [0, 0.05) is 29.2 Å². The second-order valence-corrected chi connectivity index (χ2v) is 7.87. The van der Waals surface area contributed by atoms with Gasteiger partial charge in [0.15, 0.2) is 6.61 Å². The van der Waals surface area contributed by atoms with E-state index in [2.05, 4.69) is 10.3 Å². The lowest BCUT2D eigenvalue weighted by atomic mass is 9.97. The highest BCUT2D eigenvalue weighted by molar-refractivity contribution is 6.30. The zero-order valence-electron chi connectivity index (χ0n) is 18.0. The first-order valence-corrected chi connectivity index (χ1v) is 10.5. The highest BCUT2D eigenvalue weighted by Crippen LogP contribution is 2.31. The van der Waals surface area contributed by atoms with Crippen LogP contribution in [0.25, 0.3) is 21.9 Å². The molecule has 0 aliphatic rings. The van der Waals surface area contributed by atoms with Gasteiger partial charge < -0.3 is 14.6 Å². The normalized spacial score (nSPS) is 10.8. The number of pyridine rings is 2. The lowest BCUT2D eigenvalue weighted by molar-refractivity contribution is -0.119. The fourth-order valence-corrected chi connectivity index (χ4v) is 3.72. The zero-order chi connectivity index (χ0) is 23.5. The van der Waals surface area contributed by atoms with Gasteiger partial charge in [-0.25, -0.2) is 9.78 Å². The van der Waals surface area contributed by atoms with Crippen molar-refractivity contribution < 1.29 is 14.3 Å². The highest BCUT2D eigenvalue weighted by atomic mass is 35.5. The molecule has 0 radical (unpaired) electrons. The first-order chi connectivity index (χ1) is 15.9. The number of aromatic nitrogens is 2. The largest absolute Gasteiger partial charge is 0.451 e. The number of nitrogens with zero attached hydrogens (tertiary/aromatic N) is 2. The molecule has 0 atom stereocenters. The van der Waals surface area contributed by atoms with Crippen LogP contribution in [0.4, 0.5) is 5.82 Å². The van der Waals surface area contributed by atoms with Crippen LogP contribution in [0.15, 0.2) is 71.7 Å². The number of esters is 1. The van der Waals surface area contributed by atoms with Crippen LogP contribution in [0.2, 0.25) is 5.02 Å². The van der Waals surface area contributed by atoms with Gasteiger partial charge in [0.2, 0.25) is 0 Å². The average Bonchev–Trinajstić information content (AvgIpc) is 2.82. The molecule has 2 heterocycles. The second-order valence-electron chi connectivity index (χ2n) is 7.43. The van der Waals surface area contributed by atoms with Crippen LogP contribution in [-0.2, 0) is 16.6 Å². The van der Waals surface area contributed by atoms with Gasteiger partial charge in [0.05, 0.1) is 0 Å². The lowest BCUT2D eigenvalue weighted by Crippen LogP contribution is -2.28. The number of aryl methyl sites for hydroxylation is 1. The van der Waals surface area contributed by atoms with E-state index >= 15 is 0 Å². The van der Waals surface area contributed by atoms with Crippen molar-refractivity contribution in [3.05, 3.63) is 93.5 Å². The topological polar surface area (TPSA) is 90.3 Å². The number of nitrogens with one attached hydrogen (secondary N) is 1. The Kier molecular flexibility index (Phi) is 6.24. The number of hydrogen-bond donors (Lipinski definition) is 1. The summed E-state index contributed by atoms with van der Waals surface area (Å²) >= 11 is 6.04. The second kappa shape index (κ2) is 9.26. The van der Waals surface area contributed by atoms with Gasteiger partial charge in [-0.1, -0.05) is 48.0 Å². The highest BCUT2D eigenvalue weighted by Gasteiger charge is 2.23. The van der Waals surface area contributed by atoms with Gasteiger partial charge in [-0.15, -0.1) is 0 Å². The van der Waals surface area contributed by atoms with E-state index in [1.165, 1.54) is 11.6 Å². The quantitative estimate of drug-likeness (QED) is 0.446. The number of amides is 1. The van der Waals surface area contributed by atoms with E-state index in [4.69, 9.17) is 16.3 Å². The van der Waals surface area contributed by atoms with E-state index in [1.54, 1.807) is 73.8 Å². The average molecular weight is 462 g/mol. The molecule has 33 heavy (non-hydrogen) atoms. The summed E-state index contributed by atoms with van der Waals surface area (Å²) in [7, 11) is 1.50. The monoisotopic (exact) mass is 461 g/mol. The molecule has 0 saturated carbocycles. The molecule has 2 aromatic heterocycles. The van der Waals surface area contributed by atoms with Crippen molar-refractivity contribution in [3.8, 4) is 11.1 Å². The summed E-state index contributed by atoms with van der Waals surface area (Å²) in [5.41, 5.74) is 1.69. The molecule has 0 spiro atoms. The maximum atomic E-state index is 13.1. The number of rotatable bonds is 5. The molecule has 0 bridgehead atoms. The van der Waals surface area contributed by atoms with E-state index < -0.39 is 18.5 Å². The van der Waals surface area contributed by atoms with Crippen molar-refractivity contribution >= 4 is 40.1 Å². The van der Waals surface area contributed by atoms with E-state index in [9.17, 15) is 14.4 Å². The summed E-state index contributed by atoms with van der Waals surface area (Å²) in [6.07, 6.45) is 1.55. The van der Waals surface area contributed by atoms with Crippen molar-refractivity contribution in [2.45, 2.75) is 6.92 Å². The predicted octanol–water partition coefficient (Wildman–Crippen LogP) is 4.36. The lowest BCUT2D eigenvalue weighted by Gasteiger charge is -2.17. The molecule has 166 valence electrons. The van der Waals surface area contributed by atoms with Crippen LogP contribution < -0.4 is 10.9 Å². The molecule has 0 fully saturated rings. The van der Waals surface area contributed by atoms with Crippen LogP contribution in [0.1, 0.15) is 16.1 Å². The Hall–Kier alpha value is -3.97. The molecule has 1 amide bonds. The first-order valence-electron chi connectivity index (χ1n) is 10.1. The zero-order valence-corrected chi connectivity index (χ0v) is 18.7. The van der Waals surface area contributed by atoms with Crippen molar-refractivity contribution in [3.63, 3.8) is 0 Å². The maximum absolute atomic E-state index is 13.1. The molecular formula is C25H20ClN3O4. The van der Waals surface area contributed by atoms with Gasteiger partial charge in [-0.3, -0.25) is 9.59 Å². The van der Waals surface area contributed by atoms with Crippen LogP contribution in [0.3, 0.4) is 0 Å². The van der Waals surface area contributed by atoms with Gasteiger partial charge >= 0.3 is 5.97 Å². The van der Waals surface area contributed by atoms with Crippen molar-refractivity contribution in [1.82, 2.24) is 9.55 Å². The number of carbonyl (C=O) groups is 2. The number of ether oxygens (including phenoxy) is 1. The molecule has 4 aromatic rings. The Morgan fingerprint density at radius 3 is 2.42 bits per heavy atom.